The van der Waals surface area contributed by atoms with Crippen LogP contribution in [0.4, 0.5) is 0 Å². The molecule has 0 aromatic carbocycles. The van der Waals surface area contributed by atoms with Gasteiger partial charge in [-0.2, -0.15) is 0 Å². The Labute approximate surface area is 121 Å². The molecular weight excluding hydrogens is 252 g/mol. The van der Waals surface area contributed by atoms with Gasteiger partial charge in [-0.05, 0) is 45.6 Å². The lowest BCUT2D eigenvalue weighted by Gasteiger charge is -2.42. The van der Waals surface area contributed by atoms with Crippen molar-refractivity contribution in [2.75, 3.05) is 19.7 Å². The zero-order valence-electron chi connectivity index (χ0n) is 12.7. The summed E-state index contributed by atoms with van der Waals surface area (Å²) in [5, 5.41) is 14.0. The molecule has 1 aromatic heterocycles. The molecule has 2 aliphatic rings. The van der Waals surface area contributed by atoms with Gasteiger partial charge in [-0.3, -0.25) is 4.90 Å². The number of hydrogen-bond donors (Lipinski definition) is 1. The van der Waals surface area contributed by atoms with E-state index in [-0.39, 0.29) is 5.41 Å². The predicted molar refractivity (Wildman–Crippen MR) is 77.3 cm³/mol. The molecule has 0 unspecified atom stereocenters. The molecule has 0 spiro atoms. The van der Waals surface area contributed by atoms with Crippen LogP contribution in [0.1, 0.15) is 49.1 Å². The first-order valence-electron chi connectivity index (χ1n) is 7.87. The topological polar surface area (TPSA) is 49.5 Å². The van der Waals surface area contributed by atoms with Crippen LogP contribution in [-0.4, -0.2) is 34.9 Å². The highest BCUT2D eigenvalue weighted by Gasteiger charge is 2.39. The van der Waals surface area contributed by atoms with Gasteiger partial charge < -0.3 is 9.63 Å². The van der Waals surface area contributed by atoms with Gasteiger partial charge in [-0.15, -0.1) is 0 Å². The third-order valence-corrected chi connectivity index (χ3v) is 5.06. The zero-order valence-corrected chi connectivity index (χ0v) is 12.7. The Bertz CT molecular complexity index is 448. The van der Waals surface area contributed by atoms with E-state index in [1.165, 1.54) is 37.7 Å². The molecule has 2 heterocycles. The second kappa shape index (κ2) is 5.49. The molecule has 1 atom stereocenters. The number of aryl methyl sites for hydroxylation is 2. The highest BCUT2D eigenvalue weighted by atomic mass is 16.5. The molecular formula is C16H26N2O2. The molecule has 0 bridgehead atoms. The molecule has 1 saturated carbocycles. The van der Waals surface area contributed by atoms with E-state index in [0.29, 0.717) is 6.61 Å². The number of piperidine rings is 1. The standard InChI is InChI=1S/C16H26N2O2/c1-12-15(13(2)20-17-12)9-18-7-3-6-16(10-18,11-19)8-14-4-5-14/h14,19H,3-11H2,1-2H3/t16-/m0/s1. The van der Waals surface area contributed by atoms with E-state index < -0.39 is 0 Å². The summed E-state index contributed by atoms with van der Waals surface area (Å²) in [5.41, 5.74) is 2.37. The highest BCUT2D eigenvalue weighted by molar-refractivity contribution is 5.20. The third kappa shape index (κ3) is 2.91. The molecule has 4 heteroatoms. The van der Waals surface area contributed by atoms with Gasteiger partial charge in [0, 0.05) is 30.7 Å². The van der Waals surface area contributed by atoms with Crippen LogP contribution in [-0.2, 0) is 6.54 Å². The fourth-order valence-electron chi connectivity index (χ4n) is 3.69. The maximum Gasteiger partial charge on any atom is 0.138 e. The molecule has 1 aliphatic heterocycles. The summed E-state index contributed by atoms with van der Waals surface area (Å²) in [5.74, 6) is 1.81. The first-order chi connectivity index (χ1) is 9.62. The Balaban J connectivity index is 1.67. The van der Waals surface area contributed by atoms with Crippen molar-refractivity contribution in [1.82, 2.24) is 10.1 Å². The van der Waals surface area contributed by atoms with E-state index in [4.69, 9.17) is 4.52 Å². The van der Waals surface area contributed by atoms with Crippen molar-refractivity contribution in [3.05, 3.63) is 17.0 Å². The number of aliphatic hydroxyl groups excluding tert-OH is 1. The van der Waals surface area contributed by atoms with E-state index in [0.717, 1.165) is 37.0 Å². The molecule has 2 fully saturated rings. The Morgan fingerprint density at radius 1 is 1.40 bits per heavy atom. The number of rotatable bonds is 5. The molecule has 20 heavy (non-hydrogen) atoms. The predicted octanol–water partition coefficient (Wildman–Crippen LogP) is 2.67. The maximum atomic E-state index is 9.91. The minimum absolute atomic E-state index is 0.137. The van der Waals surface area contributed by atoms with Crippen LogP contribution in [0.2, 0.25) is 0 Å². The van der Waals surface area contributed by atoms with Crippen LogP contribution in [0, 0.1) is 25.2 Å². The summed E-state index contributed by atoms with van der Waals surface area (Å²) in [6.45, 7) is 7.39. The van der Waals surface area contributed by atoms with Gasteiger partial charge in [-0.25, -0.2) is 0 Å². The van der Waals surface area contributed by atoms with Crippen molar-refractivity contribution in [2.45, 2.75) is 52.5 Å². The summed E-state index contributed by atoms with van der Waals surface area (Å²) in [6, 6.07) is 0. The van der Waals surface area contributed by atoms with Crippen molar-refractivity contribution in [3.8, 4) is 0 Å². The third-order valence-electron chi connectivity index (χ3n) is 5.06. The molecule has 1 aromatic rings. The van der Waals surface area contributed by atoms with Gasteiger partial charge in [0.2, 0.25) is 0 Å². The van der Waals surface area contributed by atoms with E-state index >= 15 is 0 Å². The smallest absolute Gasteiger partial charge is 0.138 e. The monoisotopic (exact) mass is 278 g/mol. The van der Waals surface area contributed by atoms with Crippen LogP contribution in [0.25, 0.3) is 0 Å². The fraction of sp³-hybridized carbons (Fsp3) is 0.812. The lowest BCUT2D eigenvalue weighted by Crippen LogP contribution is -2.45. The van der Waals surface area contributed by atoms with Crippen LogP contribution < -0.4 is 0 Å². The zero-order chi connectivity index (χ0) is 14.2. The minimum atomic E-state index is 0.137. The summed E-state index contributed by atoms with van der Waals surface area (Å²) in [4.78, 5) is 2.48. The van der Waals surface area contributed by atoms with E-state index in [1.807, 2.05) is 13.8 Å². The molecule has 112 valence electrons. The molecule has 0 amide bonds. The minimum Gasteiger partial charge on any atom is -0.396 e. The average Bonchev–Trinajstić information content (AvgIpc) is 3.20. The van der Waals surface area contributed by atoms with Crippen LogP contribution in [0.3, 0.4) is 0 Å². The number of aromatic nitrogens is 1. The van der Waals surface area contributed by atoms with Crippen molar-refractivity contribution in [1.29, 1.82) is 0 Å². The van der Waals surface area contributed by atoms with E-state index in [9.17, 15) is 5.11 Å². The van der Waals surface area contributed by atoms with Gasteiger partial charge in [0.05, 0.1) is 5.69 Å². The molecule has 1 saturated heterocycles. The van der Waals surface area contributed by atoms with E-state index in [2.05, 4.69) is 10.1 Å². The van der Waals surface area contributed by atoms with Gasteiger partial charge in [0.1, 0.15) is 5.76 Å². The SMILES string of the molecule is Cc1noc(C)c1CN1CCC[C@](CO)(CC2CC2)C1. The largest absolute Gasteiger partial charge is 0.396 e. The first-order valence-corrected chi connectivity index (χ1v) is 7.87. The second-order valence-electron chi connectivity index (χ2n) is 6.92. The number of likely N-dealkylation sites (tertiary alicyclic amines) is 1. The van der Waals surface area contributed by atoms with Crippen LogP contribution in [0.15, 0.2) is 4.52 Å². The Morgan fingerprint density at radius 3 is 2.80 bits per heavy atom. The van der Waals surface area contributed by atoms with Gasteiger partial charge in [0.25, 0.3) is 0 Å². The Morgan fingerprint density at radius 2 is 2.20 bits per heavy atom. The summed E-state index contributed by atoms with van der Waals surface area (Å²) < 4.78 is 5.26. The van der Waals surface area contributed by atoms with Crippen molar-refractivity contribution in [3.63, 3.8) is 0 Å². The summed E-state index contributed by atoms with van der Waals surface area (Å²) in [7, 11) is 0. The Kier molecular flexibility index (Phi) is 3.87. The average molecular weight is 278 g/mol. The van der Waals surface area contributed by atoms with Crippen molar-refractivity contribution in [2.24, 2.45) is 11.3 Å². The molecule has 3 rings (SSSR count). The molecule has 1 aliphatic carbocycles. The number of aliphatic hydroxyl groups is 1. The number of hydrogen-bond acceptors (Lipinski definition) is 4. The first kappa shape index (κ1) is 14.1. The highest BCUT2D eigenvalue weighted by Crippen LogP contribution is 2.44. The van der Waals surface area contributed by atoms with Crippen molar-refractivity contribution < 1.29 is 9.63 Å². The second-order valence-corrected chi connectivity index (χ2v) is 6.92. The lowest BCUT2D eigenvalue weighted by molar-refractivity contribution is 0.0178. The van der Waals surface area contributed by atoms with Crippen molar-refractivity contribution >= 4 is 0 Å². The lowest BCUT2D eigenvalue weighted by atomic mass is 9.76. The van der Waals surface area contributed by atoms with Crippen LogP contribution in [0.5, 0.6) is 0 Å². The molecule has 0 radical (unpaired) electrons. The van der Waals surface area contributed by atoms with Gasteiger partial charge in [-0.1, -0.05) is 18.0 Å². The normalized spacial score (nSPS) is 27.9. The summed E-state index contributed by atoms with van der Waals surface area (Å²) >= 11 is 0. The van der Waals surface area contributed by atoms with Crippen LogP contribution >= 0.6 is 0 Å². The quantitative estimate of drug-likeness (QED) is 0.899. The molecule has 1 N–H and O–H groups in total. The number of nitrogens with zero attached hydrogens (tertiary/aromatic N) is 2. The maximum absolute atomic E-state index is 9.91. The van der Waals surface area contributed by atoms with Gasteiger partial charge >= 0.3 is 0 Å². The van der Waals surface area contributed by atoms with E-state index in [1.54, 1.807) is 0 Å². The fourth-order valence-corrected chi connectivity index (χ4v) is 3.69. The van der Waals surface area contributed by atoms with Gasteiger partial charge in [0.15, 0.2) is 0 Å². The Hall–Kier alpha value is -0.870. The molecule has 4 nitrogen and oxygen atoms in total. The summed E-state index contributed by atoms with van der Waals surface area (Å²) in [6.07, 6.45) is 6.31.